The number of alkyl halides is 1. The normalized spacial score (nSPS) is 17.1. The zero-order valence-corrected chi connectivity index (χ0v) is 16.4. The molecule has 0 radical (unpaired) electrons. The molecule has 2 aromatic carbocycles. The third-order valence-electron chi connectivity index (χ3n) is 3.68. The number of amidine groups is 1. The summed E-state index contributed by atoms with van der Waals surface area (Å²) in [6.07, 6.45) is 0. The summed E-state index contributed by atoms with van der Waals surface area (Å²) in [5.74, 6) is 0. The molecular formula is C18H18ClIN2S. The van der Waals surface area contributed by atoms with E-state index in [1.54, 1.807) is 0 Å². The number of nitrogens with zero attached hydrogens (tertiary/aromatic N) is 2. The fourth-order valence-electron chi connectivity index (χ4n) is 2.49. The molecule has 0 saturated carbocycles. The summed E-state index contributed by atoms with van der Waals surface area (Å²) in [7, 11) is 0. The Morgan fingerprint density at radius 2 is 1.83 bits per heavy atom. The Bertz CT molecular complexity index is 678. The first-order valence-electron chi connectivity index (χ1n) is 7.55. The van der Waals surface area contributed by atoms with Crippen LogP contribution in [-0.2, 0) is 13.1 Å². The van der Waals surface area contributed by atoms with Crippen molar-refractivity contribution >= 4 is 51.1 Å². The molecule has 2 aromatic rings. The lowest BCUT2D eigenvalue weighted by atomic mass is 10.2. The van der Waals surface area contributed by atoms with Gasteiger partial charge in [0.2, 0.25) is 0 Å². The maximum atomic E-state index is 6.36. The summed E-state index contributed by atoms with van der Waals surface area (Å²) in [6.45, 7) is 2.55. The Morgan fingerprint density at radius 3 is 2.52 bits per heavy atom. The van der Waals surface area contributed by atoms with Crippen molar-refractivity contribution < 1.29 is 0 Å². The zero-order valence-electron chi connectivity index (χ0n) is 12.7. The summed E-state index contributed by atoms with van der Waals surface area (Å²) in [5.41, 5.74) is 2.44. The average Bonchev–Trinajstić information content (AvgIpc) is 3.06. The van der Waals surface area contributed by atoms with Crippen LogP contribution >= 0.6 is 46.0 Å². The third kappa shape index (κ3) is 4.64. The second-order valence-corrected chi connectivity index (χ2v) is 8.01. The lowest BCUT2D eigenvalue weighted by Crippen LogP contribution is -2.27. The van der Waals surface area contributed by atoms with E-state index in [-0.39, 0.29) is 0 Å². The van der Waals surface area contributed by atoms with Gasteiger partial charge in [0, 0.05) is 27.8 Å². The molecule has 5 heteroatoms. The third-order valence-corrected chi connectivity index (χ3v) is 6.96. The van der Waals surface area contributed by atoms with Crippen LogP contribution in [0.1, 0.15) is 11.1 Å². The van der Waals surface area contributed by atoms with Crippen LogP contribution in [0.15, 0.2) is 59.6 Å². The van der Waals surface area contributed by atoms with E-state index in [2.05, 4.69) is 63.9 Å². The van der Waals surface area contributed by atoms with Gasteiger partial charge < -0.3 is 4.90 Å². The van der Waals surface area contributed by atoms with Crippen LogP contribution in [0.2, 0.25) is 5.02 Å². The Hall–Kier alpha value is -0.720. The molecule has 0 bridgehead atoms. The standard InChI is InChI=1S/C18H18ClIN2S/c19-17-9-5-4-8-15(17)13-22(12-14-6-2-1-3-7-14)18-21-11-16(10-20)23-18/h1-9,16H,10-13H2/t16-/m1/s1. The Labute approximate surface area is 160 Å². The molecule has 0 N–H and O–H groups in total. The van der Waals surface area contributed by atoms with E-state index in [0.29, 0.717) is 5.25 Å². The molecule has 0 amide bonds. The van der Waals surface area contributed by atoms with Gasteiger partial charge in [0.1, 0.15) is 0 Å². The molecule has 0 spiro atoms. The first kappa shape index (κ1) is 17.1. The highest BCUT2D eigenvalue weighted by molar-refractivity contribution is 14.1. The van der Waals surface area contributed by atoms with E-state index in [4.69, 9.17) is 16.6 Å². The zero-order chi connectivity index (χ0) is 16.1. The molecule has 0 saturated heterocycles. The van der Waals surface area contributed by atoms with Gasteiger partial charge in [-0.2, -0.15) is 0 Å². The summed E-state index contributed by atoms with van der Waals surface area (Å²) >= 11 is 10.7. The van der Waals surface area contributed by atoms with Crippen molar-refractivity contribution in [2.75, 3.05) is 11.0 Å². The van der Waals surface area contributed by atoms with E-state index in [0.717, 1.165) is 39.8 Å². The van der Waals surface area contributed by atoms with E-state index in [1.807, 2.05) is 30.0 Å². The van der Waals surface area contributed by atoms with E-state index in [9.17, 15) is 0 Å². The summed E-state index contributed by atoms with van der Waals surface area (Å²) in [5, 5.41) is 2.55. The van der Waals surface area contributed by atoms with E-state index >= 15 is 0 Å². The van der Waals surface area contributed by atoms with Gasteiger partial charge in [0.05, 0.1) is 6.54 Å². The van der Waals surface area contributed by atoms with Gasteiger partial charge in [-0.1, -0.05) is 94.5 Å². The van der Waals surface area contributed by atoms with Gasteiger partial charge in [-0.15, -0.1) is 0 Å². The fourth-order valence-corrected chi connectivity index (χ4v) is 4.44. The second kappa shape index (κ2) is 8.40. The van der Waals surface area contributed by atoms with Gasteiger partial charge in [0.25, 0.3) is 0 Å². The minimum absolute atomic E-state index is 0.593. The van der Waals surface area contributed by atoms with E-state index < -0.39 is 0 Å². The largest absolute Gasteiger partial charge is 0.343 e. The van der Waals surface area contributed by atoms with Crippen LogP contribution < -0.4 is 0 Å². The SMILES string of the molecule is Clc1ccccc1CN(Cc1ccccc1)C1=NC[C@@H](CI)S1. The van der Waals surface area contributed by atoms with Crippen LogP contribution in [0.25, 0.3) is 0 Å². The molecule has 0 aromatic heterocycles. The summed E-state index contributed by atoms with van der Waals surface area (Å²) < 4.78 is 1.13. The minimum atomic E-state index is 0.593. The van der Waals surface area contributed by atoms with Gasteiger partial charge in [-0.3, -0.25) is 4.99 Å². The number of halogens is 2. The first-order valence-corrected chi connectivity index (χ1v) is 10.3. The molecular weight excluding hydrogens is 439 g/mol. The van der Waals surface area contributed by atoms with Gasteiger partial charge in [0.15, 0.2) is 5.17 Å². The predicted octanol–water partition coefficient (Wildman–Crippen LogP) is 5.25. The number of rotatable bonds is 5. The van der Waals surface area contributed by atoms with Crippen LogP contribution in [0, 0.1) is 0 Å². The molecule has 1 aliphatic rings. The quantitative estimate of drug-likeness (QED) is 0.451. The molecule has 0 aliphatic carbocycles. The first-order chi connectivity index (χ1) is 11.3. The van der Waals surface area contributed by atoms with Crippen molar-refractivity contribution in [1.29, 1.82) is 0 Å². The van der Waals surface area contributed by atoms with Crippen LogP contribution in [0.3, 0.4) is 0 Å². The molecule has 1 aliphatic heterocycles. The van der Waals surface area contributed by atoms with Crippen molar-refractivity contribution in [3.8, 4) is 0 Å². The highest BCUT2D eigenvalue weighted by Crippen LogP contribution is 2.28. The lowest BCUT2D eigenvalue weighted by Gasteiger charge is -2.25. The van der Waals surface area contributed by atoms with Crippen molar-refractivity contribution in [1.82, 2.24) is 4.90 Å². The van der Waals surface area contributed by atoms with Gasteiger partial charge in [-0.05, 0) is 17.2 Å². The summed E-state index contributed by atoms with van der Waals surface area (Å²) in [6, 6.07) is 18.6. The lowest BCUT2D eigenvalue weighted by molar-refractivity contribution is 0.414. The molecule has 1 atom stereocenters. The number of aliphatic imine (C=N–C) groups is 1. The highest BCUT2D eigenvalue weighted by atomic mass is 127. The summed E-state index contributed by atoms with van der Waals surface area (Å²) in [4.78, 5) is 7.11. The van der Waals surface area contributed by atoms with Crippen molar-refractivity contribution in [2.24, 2.45) is 4.99 Å². The molecule has 0 fully saturated rings. The number of thioether (sulfide) groups is 1. The van der Waals surface area contributed by atoms with Crippen molar-refractivity contribution in [2.45, 2.75) is 18.3 Å². The van der Waals surface area contributed by atoms with Crippen molar-refractivity contribution in [3.05, 3.63) is 70.7 Å². The smallest absolute Gasteiger partial charge is 0.160 e. The fraction of sp³-hybridized carbons (Fsp3) is 0.278. The van der Waals surface area contributed by atoms with Gasteiger partial charge >= 0.3 is 0 Å². The molecule has 1 heterocycles. The van der Waals surface area contributed by atoms with Crippen molar-refractivity contribution in [3.63, 3.8) is 0 Å². The van der Waals surface area contributed by atoms with Gasteiger partial charge in [-0.25, -0.2) is 0 Å². The Balaban J connectivity index is 1.80. The molecule has 23 heavy (non-hydrogen) atoms. The average molecular weight is 457 g/mol. The molecule has 0 unspecified atom stereocenters. The van der Waals surface area contributed by atoms with Crippen LogP contribution in [-0.4, -0.2) is 26.3 Å². The monoisotopic (exact) mass is 456 g/mol. The highest BCUT2D eigenvalue weighted by Gasteiger charge is 2.23. The molecule has 2 nitrogen and oxygen atoms in total. The number of benzene rings is 2. The number of hydrogen-bond acceptors (Lipinski definition) is 3. The second-order valence-electron chi connectivity index (χ2n) is 5.45. The van der Waals surface area contributed by atoms with Crippen LogP contribution in [0.5, 0.6) is 0 Å². The molecule has 120 valence electrons. The maximum absolute atomic E-state index is 6.36. The minimum Gasteiger partial charge on any atom is -0.343 e. The maximum Gasteiger partial charge on any atom is 0.160 e. The van der Waals surface area contributed by atoms with Crippen LogP contribution in [0.4, 0.5) is 0 Å². The Morgan fingerprint density at radius 1 is 1.09 bits per heavy atom. The predicted molar refractivity (Wildman–Crippen MR) is 110 cm³/mol. The number of hydrogen-bond donors (Lipinski definition) is 0. The molecule has 3 rings (SSSR count). The van der Waals surface area contributed by atoms with E-state index in [1.165, 1.54) is 5.56 Å². The topological polar surface area (TPSA) is 15.6 Å². The Kier molecular flexibility index (Phi) is 6.25.